The van der Waals surface area contributed by atoms with Gasteiger partial charge in [-0.05, 0) is 51.3 Å². The van der Waals surface area contributed by atoms with Crippen LogP contribution < -0.4 is 5.32 Å². The van der Waals surface area contributed by atoms with E-state index in [-0.39, 0.29) is 18.1 Å². The number of carbonyl (C=O) groups excluding carboxylic acids is 3. The van der Waals surface area contributed by atoms with Gasteiger partial charge in [-0.15, -0.1) is 0 Å². The van der Waals surface area contributed by atoms with Crippen LogP contribution in [0.2, 0.25) is 0 Å². The van der Waals surface area contributed by atoms with Crippen LogP contribution in [-0.4, -0.2) is 59.3 Å². The molecule has 28 heavy (non-hydrogen) atoms. The molecule has 0 bridgehead atoms. The van der Waals surface area contributed by atoms with Crippen LogP contribution in [-0.2, 0) is 25.5 Å². The van der Waals surface area contributed by atoms with E-state index in [0.717, 1.165) is 5.56 Å². The second-order valence-corrected chi connectivity index (χ2v) is 7.78. The summed E-state index contributed by atoms with van der Waals surface area (Å²) in [5, 5.41) is 12.1. The molecule has 1 aliphatic heterocycles. The van der Waals surface area contributed by atoms with Crippen molar-refractivity contribution in [3.8, 4) is 5.75 Å². The normalized spacial score (nSPS) is 17.7. The van der Waals surface area contributed by atoms with Crippen molar-refractivity contribution in [1.29, 1.82) is 0 Å². The molecule has 1 fully saturated rings. The minimum Gasteiger partial charge on any atom is -0.508 e. The molecule has 0 aliphatic carbocycles. The lowest BCUT2D eigenvalue weighted by atomic mass is 10.0. The van der Waals surface area contributed by atoms with Gasteiger partial charge in [0.1, 0.15) is 23.4 Å². The molecule has 1 aliphatic rings. The summed E-state index contributed by atoms with van der Waals surface area (Å²) < 4.78 is 10.1. The fraction of sp³-hybridized carbons (Fsp3) is 0.550. The van der Waals surface area contributed by atoms with Crippen LogP contribution in [0, 0.1) is 0 Å². The van der Waals surface area contributed by atoms with Crippen molar-refractivity contribution in [2.45, 2.75) is 57.7 Å². The Balaban J connectivity index is 2.20. The number of nitrogens with one attached hydrogen (secondary N) is 1. The molecule has 1 aromatic rings. The fourth-order valence-electron chi connectivity index (χ4n) is 3.13. The summed E-state index contributed by atoms with van der Waals surface area (Å²) in [6.07, 6.45) is 0.696. The molecule has 0 radical (unpaired) electrons. The van der Waals surface area contributed by atoms with Crippen molar-refractivity contribution in [3.63, 3.8) is 0 Å². The number of methoxy groups -OCH3 is 1. The summed E-state index contributed by atoms with van der Waals surface area (Å²) in [7, 11) is 1.29. The average Bonchev–Trinajstić information content (AvgIpc) is 3.09. The highest BCUT2D eigenvalue weighted by molar-refractivity contribution is 5.90. The van der Waals surface area contributed by atoms with Crippen LogP contribution in [0.4, 0.5) is 4.79 Å². The van der Waals surface area contributed by atoms with E-state index in [1.807, 2.05) is 0 Å². The lowest BCUT2D eigenvalue weighted by Gasteiger charge is -2.29. The zero-order chi connectivity index (χ0) is 20.9. The first-order chi connectivity index (χ1) is 13.1. The number of phenols is 1. The van der Waals surface area contributed by atoms with Gasteiger partial charge >= 0.3 is 12.1 Å². The largest absolute Gasteiger partial charge is 0.508 e. The second kappa shape index (κ2) is 8.95. The first-order valence-electron chi connectivity index (χ1n) is 9.26. The van der Waals surface area contributed by atoms with Gasteiger partial charge in [-0.3, -0.25) is 4.79 Å². The zero-order valence-corrected chi connectivity index (χ0v) is 16.7. The van der Waals surface area contributed by atoms with E-state index in [0.29, 0.717) is 19.4 Å². The van der Waals surface area contributed by atoms with Crippen molar-refractivity contribution in [2.75, 3.05) is 13.7 Å². The van der Waals surface area contributed by atoms with E-state index in [9.17, 15) is 19.5 Å². The first kappa shape index (κ1) is 21.5. The molecule has 2 rings (SSSR count). The van der Waals surface area contributed by atoms with E-state index < -0.39 is 29.7 Å². The highest BCUT2D eigenvalue weighted by Gasteiger charge is 2.38. The van der Waals surface area contributed by atoms with E-state index in [1.54, 1.807) is 32.9 Å². The van der Waals surface area contributed by atoms with Crippen molar-refractivity contribution >= 4 is 18.0 Å². The Kier molecular flexibility index (Phi) is 6.88. The third-order valence-electron chi connectivity index (χ3n) is 4.37. The number of nitrogens with zero attached hydrogens (tertiary/aromatic N) is 1. The van der Waals surface area contributed by atoms with Crippen LogP contribution >= 0.6 is 0 Å². The van der Waals surface area contributed by atoms with Crippen molar-refractivity contribution in [2.24, 2.45) is 0 Å². The zero-order valence-electron chi connectivity index (χ0n) is 16.7. The van der Waals surface area contributed by atoms with Crippen LogP contribution in [0.3, 0.4) is 0 Å². The molecule has 0 saturated carbocycles. The summed E-state index contributed by atoms with van der Waals surface area (Å²) in [4.78, 5) is 38.9. The second-order valence-electron chi connectivity index (χ2n) is 7.78. The molecule has 8 heteroatoms. The van der Waals surface area contributed by atoms with Gasteiger partial charge in [-0.2, -0.15) is 0 Å². The molecule has 0 spiro atoms. The van der Waals surface area contributed by atoms with E-state index in [4.69, 9.17) is 9.47 Å². The summed E-state index contributed by atoms with van der Waals surface area (Å²) in [6, 6.07) is 4.81. The maximum atomic E-state index is 13.1. The topological polar surface area (TPSA) is 105 Å². The number of hydrogen-bond donors (Lipinski definition) is 2. The van der Waals surface area contributed by atoms with Gasteiger partial charge in [-0.1, -0.05) is 12.1 Å². The maximum Gasteiger partial charge on any atom is 0.408 e. The van der Waals surface area contributed by atoms with E-state index in [2.05, 4.69) is 5.32 Å². The Morgan fingerprint density at radius 1 is 1.25 bits per heavy atom. The Bertz CT molecular complexity index is 710. The molecule has 1 saturated heterocycles. The molecule has 2 amide bonds. The van der Waals surface area contributed by atoms with Crippen molar-refractivity contribution in [3.05, 3.63) is 29.8 Å². The van der Waals surface area contributed by atoms with Crippen molar-refractivity contribution in [1.82, 2.24) is 10.2 Å². The molecule has 0 unspecified atom stereocenters. The quantitative estimate of drug-likeness (QED) is 0.743. The van der Waals surface area contributed by atoms with Gasteiger partial charge in [0.2, 0.25) is 5.91 Å². The number of benzene rings is 1. The highest BCUT2D eigenvalue weighted by Crippen LogP contribution is 2.21. The fourth-order valence-corrected chi connectivity index (χ4v) is 3.13. The van der Waals surface area contributed by atoms with E-state index >= 15 is 0 Å². The number of hydrogen-bond acceptors (Lipinski definition) is 6. The lowest BCUT2D eigenvalue weighted by molar-refractivity contribution is -0.151. The minimum atomic E-state index is -0.912. The van der Waals surface area contributed by atoms with Crippen LogP contribution in [0.15, 0.2) is 24.3 Å². The minimum absolute atomic E-state index is 0.108. The summed E-state index contributed by atoms with van der Waals surface area (Å²) in [5.41, 5.74) is 0.0410. The molecule has 0 aromatic heterocycles. The number of ether oxygens (including phenoxy) is 2. The van der Waals surface area contributed by atoms with Gasteiger partial charge in [0.15, 0.2) is 0 Å². The van der Waals surface area contributed by atoms with Gasteiger partial charge in [0.25, 0.3) is 0 Å². The monoisotopic (exact) mass is 392 g/mol. The van der Waals surface area contributed by atoms with Crippen LogP contribution in [0.25, 0.3) is 0 Å². The summed E-state index contributed by atoms with van der Waals surface area (Å²) in [5.74, 6) is -0.727. The van der Waals surface area contributed by atoms with Crippen molar-refractivity contribution < 1.29 is 29.0 Å². The third-order valence-corrected chi connectivity index (χ3v) is 4.37. The molecule has 2 N–H and O–H groups in total. The molecule has 1 aromatic carbocycles. The Morgan fingerprint density at radius 3 is 2.46 bits per heavy atom. The predicted octanol–water partition coefficient (Wildman–Crippen LogP) is 1.99. The maximum absolute atomic E-state index is 13.1. The number of aromatic hydroxyl groups is 1. The van der Waals surface area contributed by atoms with Gasteiger partial charge in [-0.25, -0.2) is 9.59 Å². The summed E-state index contributed by atoms with van der Waals surface area (Å²) >= 11 is 0. The summed E-state index contributed by atoms with van der Waals surface area (Å²) in [6.45, 7) is 5.62. The molecule has 8 nitrogen and oxygen atoms in total. The number of amides is 2. The number of carbonyl (C=O) groups is 3. The first-order valence-corrected chi connectivity index (χ1v) is 9.26. The molecular weight excluding hydrogens is 364 g/mol. The molecule has 2 atom stereocenters. The van der Waals surface area contributed by atoms with Crippen LogP contribution in [0.5, 0.6) is 5.75 Å². The highest BCUT2D eigenvalue weighted by atomic mass is 16.6. The number of rotatable bonds is 5. The Morgan fingerprint density at radius 2 is 1.89 bits per heavy atom. The number of esters is 1. The lowest BCUT2D eigenvalue weighted by Crippen LogP contribution is -2.53. The van der Waals surface area contributed by atoms with E-state index in [1.165, 1.54) is 24.1 Å². The molecule has 154 valence electrons. The standard InChI is InChI=1S/C20H28N2O6/c1-20(2,3)28-19(26)21-15(12-13-7-9-14(23)10-8-13)17(24)22-11-5-6-16(22)18(25)27-4/h7-10,15-16,23H,5-6,11-12H2,1-4H3,(H,21,26)/t15-,16-/m0/s1. The predicted molar refractivity (Wildman–Crippen MR) is 102 cm³/mol. The molecular formula is C20H28N2O6. The Labute approximate surface area is 164 Å². The number of alkyl carbamates (subject to hydrolysis) is 1. The number of likely N-dealkylation sites (tertiary alicyclic amines) is 1. The van der Waals surface area contributed by atoms with Gasteiger partial charge in [0.05, 0.1) is 7.11 Å². The van der Waals surface area contributed by atoms with Gasteiger partial charge < -0.3 is 24.8 Å². The third kappa shape index (κ3) is 5.87. The molecule has 1 heterocycles. The SMILES string of the molecule is COC(=O)[C@@H]1CCCN1C(=O)[C@H](Cc1ccc(O)cc1)NC(=O)OC(C)(C)C. The average molecular weight is 392 g/mol. The smallest absolute Gasteiger partial charge is 0.408 e. The number of phenolic OH excluding ortho intramolecular Hbond substituents is 1. The Hall–Kier alpha value is -2.77. The van der Waals surface area contributed by atoms with Gasteiger partial charge in [0, 0.05) is 13.0 Å². The van der Waals surface area contributed by atoms with Crippen LogP contribution in [0.1, 0.15) is 39.2 Å².